The summed E-state index contributed by atoms with van der Waals surface area (Å²) in [7, 11) is 0. The first-order valence-electron chi connectivity index (χ1n) is 3.97. The van der Waals surface area contributed by atoms with E-state index < -0.39 is 5.41 Å². The summed E-state index contributed by atoms with van der Waals surface area (Å²) in [5, 5.41) is 0. The van der Waals surface area contributed by atoms with Gasteiger partial charge < -0.3 is 4.79 Å². The van der Waals surface area contributed by atoms with Crippen molar-refractivity contribution in [3.63, 3.8) is 0 Å². The zero-order valence-electron chi connectivity index (χ0n) is 7.47. The van der Waals surface area contributed by atoms with E-state index in [9.17, 15) is 9.59 Å². The fraction of sp³-hybridized carbons (Fsp3) is 0.750. The summed E-state index contributed by atoms with van der Waals surface area (Å²) in [4.78, 5) is 22.5. The maximum Gasteiger partial charge on any atom is 0.234 e. The molecule has 0 aromatic heterocycles. The van der Waals surface area contributed by atoms with Crippen LogP contribution < -0.4 is 0 Å². The van der Waals surface area contributed by atoms with E-state index in [0.29, 0.717) is 0 Å². The first-order valence-corrected chi connectivity index (χ1v) is 3.97. The van der Waals surface area contributed by atoms with E-state index in [1.54, 1.807) is 0 Å². The van der Waals surface area contributed by atoms with Gasteiger partial charge >= 0.3 is 0 Å². The van der Waals surface area contributed by atoms with E-state index in [4.69, 9.17) is 0 Å². The molecule has 1 unspecified atom stereocenters. The number of ketones is 1. The lowest BCUT2D eigenvalue weighted by Crippen LogP contribution is -2.23. The minimum atomic E-state index is -0.434. The Kier molecular flexibility index (Phi) is 1.69. The van der Waals surface area contributed by atoms with Gasteiger partial charge in [-0.15, -0.1) is 0 Å². The molecule has 1 atom stereocenters. The highest BCUT2D eigenvalue weighted by Crippen LogP contribution is 2.41. The van der Waals surface area contributed by atoms with Crippen molar-refractivity contribution in [2.24, 2.45) is 5.41 Å². The summed E-state index contributed by atoms with van der Waals surface area (Å²) in [6.45, 7) is 7.41. The maximum absolute atomic E-state index is 11.3. The third-order valence-electron chi connectivity index (χ3n) is 3.11. The Morgan fingerprint density at radius 3 is 1.91 bits per heavy atom. The van der Waals surface area contributed by atoms with E-state index in [1.807, 2.05) is 27.6 Å². The van der Waals surface area contributed by atoms with Gasteiger partial charge in [-0.25, -0.2) is 0 Å². The molecule has 1 aliphatic rings. The van der Waals surface area contributed by atoms with Gasteiger partial charge in [0.2, 0.25) is 6.71 Å². The van der Waals surface area contributed by atoms with Gasteiger partial charge in [0.25, 0.3) is 0 Å². The molecule has 1 saturated heterocycles. The molecule has 0 spiro atoms. The molecule has 0 saturated carbocycles. The van der Waals surface area contributed by atoms with Crippen LogP contribution >= 0.6 is 0 Å². The van der Waals surface area contributed by atoms with Crippen LogP contribution in [-0.2, 0) is 9.59 Å². The third-order valence-corrected chi connectivity index (χ3v) is 3.11. The first-order chi connectivity index (χ1) is 4.89. The van der Waals surface area contributed by atoms with Gasteiger partial charge in [-0.05, 0) is 5.82 Å². The number of hydrogen-bond donors (Lipinski definition) is 0. The van der Waals surface area contributed by atoms with E-state index in [-0.39, 0.29) is 24.0 Å². The van der Waals surface area contributed by atoms with Gasteiger partial charge in [0.05, 0.1) is 0 Å². The smallest absolute Gasteiger partial charge is 0.234 e. The van der Waals surface area contributed by atoms with Crippen LogP contribution in [0.2, 0.25) is 12.6 Å². The predicted molar refractivity (Wildman–Crippen MR) is 44.8 cm³/mol. The molecule has 2 nitrogen and oxygen atoms in total. The summed E-state index contributed by atoms with van der Waals surface area (Å²) in [5.41, 5.74) is -0.626. The van der Waals surface area contributed by atoms with Gasteiger partial charge in [-0.2, -0.15) is 0 Å². The summed E-state index contributed by atoms with van der Waals surface area (Å²) >= 11 is 0. The lowest BCUT2D eigenvalue weighted by Gasteiger charge is -2.21. The van der Waals surface area contributed by atoms with Crippen molar-refractivity contribution in [1.82, 2.24) is 0 Å². The van der Waals surface area contributed by atoms with Gasteiger partial charge in [0.15, 0.2) is 11.5 Å². The fourth-order valence-electron chi connectivity index (χ4n) is 1.58. The number of carbonyl (C=O) groups is 2. The van der Waals surface area contributed by atoms with Crippen molar-refractivity contribution in [1.29, 1.82) is 0 Å². The third kappa shape index (κ3) is 0.941. The Hall–Kier alpha value is -0.595. The summed E-state index contributed by atoms with van der Waals surface area (Å²) in [6.07, 6.45) is 0. The van der Waals surface area contributed by atoms with Crippen molar-refractivity contribution < 1.29 is 9.59 Å². The SMILES string of the molecule is CB1C(=O)C(=O)C(C)(C)C1C. The van der Waals surface area contributed by atoms with Gasteiger partial charge in [0, 0.05) is 5.41 Å². The highest BCUT2D eigenvalue weighted by Gasteiger charge is 2.51. The van der Waals surface area contributed by atoms with Crippen LogP contribution in [0.5, 0.6) is 0 Å². The van der Waals surface area contributed by atoms with Gasteiger partial charge in [0.1, 0.15) is 0 Å². The lowest BCUT2D eigenvalue weighted by molar-refractivity contribution is -0.136. The molecule has 0 bridgehead atoms. The van der Waals surface area contributed by atoms with E-state index in [0.717, 1.165) is 0 Å². The predicted octanol–water partition coefficient (Wildman–Crippen LogP) is 1.22. The topological polar surface area (TPSA) is 34.1 Å². The van der Waals surface area contributed by atoms with Crippen LogP contribution in [-0.4, -0.2) is 18.2 Å². The summed E-state index contributed by atoms with van der Waals surface area (Å²) in [6, 6.07) is 0. The second-order valence-electron chi connectivity index (χ2n) is 3.99. The van der Waals surface area contributed by atoms with Crippen LogP contribution in [0.25, 0.3) is 0 Å². The lowest BCUT2D eigenvalue weighted by atomic mass is 9.42. The first kappa shape index (κ1) is 8.50. The second-order valence-corrected chi connectivity index (χ2v) is 3.99. The highest BCUT2D eigenvalue weighted by atomic mass is 16.2. The maximum atomic E-state index is 11.3. The molecule has 1 fully saturated rings. The van der Waals surface area contributed by atoms with Crippen molar-refractivity contribution in [3.05, 3.63) is 0 Å². The molecule has 11 heavy (non-hydrogen) atoms. The Morgan fingerprint density at radius 1 is 1.36 bits per heavy atom. The van der Waals surface area contributed by atoms with Crippen LogP contribution in [0, 0.1) is 5.41 Å². The van der Waals surface area contributed by atoms with E-state index in [1.165, 1.54) is 0 Å². The highest BCUT2D eigenvalue weighted by molar-refractivity contribution is 7.03. The Labute approximate surface area is 67.4 Å². The molecule has 0 N–H and O–H groups in total. The van der Waals surface area contributed by atoms with Crippen molar-refractivity contribution in [2.45, 2.75) is 33.4 Å². The van der Waals surface area contributed by atoms with Crippen molar-refractivity contribution in [2.75, 3.05) is 0 Å². The molecule has 0 amide bonds. The van der Waals surface area contributed by atoms with E-state index >= 15 is 0 Å². The Bertz CT molecular complexity index is 220. The quantitative estimate of drug-likeness (QED) is 0.386. The van der Waals surface area contributed by atoms with Crippen LogP contribution in [0.3, 0.4) is 0 Å². The molecule has 1 heterocycles. The molecule has 1 rings (SSSR count). The largest absolute Gasteiger partial charge is 0.303 e. The number of Topliss-reactive ketones (excluding diaryl/α,β-unsaturated/α-hetero) is 1. The van der Waals surface area contributed by atoms with E-state index in [2.05, 4.69) is 0 Å². The van der Waals surface area contributed by atoms with Crippen molar-refractivity contribution in [3.8, 4) is 0 Å². The monoisotopic (exact) mass is 152 g/mol. The second kappa shape index (κ2) is 2.19. The molecule has 1 aliphatic heterocycles. The molecule has 0 aromatic carbocycles. The zero-order chi connectivity index (χ0) is 8.81. The molecule has 0 aromatic rings. The summed E-state index contributed by atoms with van der Waals surface area (Å²) in [5.74, 6) is -0.0139. The Morgan fingerprint density at radius 2 is 1.82 bits per heavy atom. The zero-order valence-corrected chi connectivity index (χ0v) is 7.47. The van der Waals surface area contributed by atoms with Gasteiger partial charge in [-0.3, -0.25) is 4.79 Å². The number of hydrogen-bond acceptors (Lipinski definition) is 2. The normalized spacial score (nSPS) is 29.8. The van der Waals surface area contributed by atoms with Crippen LogP contribution in [0.1, 0.15) is 20.8 Å². The van der Waals surface area contributed by atoms with Crippen molar-refractivity contribution >= 4 is 18.2 Å². The van der Waals surface area contributed by atoms with Crippen LogP contribution in [0.4, 0.5) is 0 Å². The molecule has 60 valence electrons. The standard InChI is InChI=1S/C8H13BO2/c1-5-8(2,3)6(10)7(11)9(5)4/h5H,1-4H3. The molecular weight excluding hydrogens is 139 g/mol. The van der Waals surface area contributed by atoms with Gasteiger partial charge in [-0.1, -0.05) is 27.6 Å². The minimum absolute atomic E-state index is 0.0856. The number of rotatable bonds is 0. The molecule has 3 heteroatoms. The summed E-state index contributed by atoms with van der Waals surface area (Å²) < 4.78 is 0. The molecule has 0 radical (unpaired) electrons. The molecular formula is C8H13BO2. The van der Waals surface area contributed by atoms with Crippen LogP contribution in [0.15, 0.2) is 0 Å². The fourth-order valence-corrected chi connectivity index (χ4v) is 1.58. The minimum Gasteiger partial charge on any atom is -0.303 e. The average molecular weight is 152 g/mol. The average Bonchev–Trinajstić information content (AvgIpc) is 2.06. The Balaban J connectivity index is 3.06. The number of carbonyl (C=O) groups excluding carboxylic acids is 2. The molecule has 0 aliphatic carbocycles.